The number of hydrazone groups is 1. The molecule has 3 aromatic carbocycles. The van der Waals surface area contributed by atoms with Crippen LogP contribution < -0.4 is 24.4 Å². The Balaban J connectivity index is 1.71. The number of ether oxygens (including phenoxy) is 4. The van der Waals surface area contributed by atoms with Gasteiger partial charge in [-0.1, -0.05) is 135 Å². The van der Waals surface area contributed by atoms with Crippen molar-refractivity contribution in [3.8, 4) is 23.0 Å². The molecule has 0 spiro atoms. The van der Waals surface area contributed by atoms with Gasteiger partial charge in [0.05, 0.1) is 31.6 Å². The van der Waals surface area contributed by atoms with Gasteiger partial charge in [0, 0.05) is 5.56 Å². The molecule has 290 valence electrons. The van der Waals surface area contributed by atoms with Crippen molar-refractivity contribution in [2.75, 3.05) is 19.8 Å². The van der Waals surface area contributed by atoms with Gasteiger partial charge in [0.1, 0.15) is 5.75 Å². The second-order valence-corrected chi connectivity index (χ2v) is 13.7. The highest BCUT2D eigenvalue weighted by Gasteiger charge is 2.19. The van der Waals surface area contributed by atoms with Gasteiger partial charge >= 0.3 is 5.97 Å². The average Bonchev–Trinajstić information content (AvgIpc) is 3.18. The number of hydrogen-bond donors (Lipinski definition) is 1. The number of unbranched alkanes of at least 4 members (excludes halogenated alkanes) is 15. The predicted octanol–water partition coefficient (Wildman–Crippen LogP) is 11.9. The smallest absolute Gasteiger partial charge is 0.343 e. The van der Waals surface area contributed by atoms with Gasteiger partial charge in [-0.3, -0.25) is 4.79 Å². The van der Waals surface area contributed by atoms with Crippen LogP contribution in [-0.2, 0) is 0 Å². The lowest BCUT2D eigenvalue weighted by Gasteiger charge is -2.19. The highest BCUT2D eigenvalue weighted by molar-refractivity contribution is 5.96. The third kappa shape index (κ3) is 17.8. The molecule has 0 aliphatic carbocycles. The van der Waals surface area contributed by atoms with Gasteiger partial charge in [0.25, 0.3) is 5.91 Å². The van der Waals surface area contributed by atoms with Crippen molar-refractivity contribution in [2.24, 2.45) is 5.10 Å². The van der Waals surface area contributed by atoms with E-state index in [9.17, 15) is 9.59 Å². The third-order valence-corrected chi connectivity index (χ3v) is 9.02. The summed E-state index contributed by atoms with van der Waals surface area (Å²) in [4.78, 5) is 25.8. The average molecular weight is 729 g/mol. The molecule has 0 heterocycles. The molecule has 0 saturated heterocycles. The largest absolute Gasteiger partial charge is 0.490 e. The van der Waals surface area contributed by atoms with Crippen LogP contribution in [0.2, 0.25) is 0 Å². The van der Waals surface area contributed by atoms with Gasteiger partial charge < -0.3 is 18.9 Å². The van der Waals surface area contributed by atoms with Crippen LogP contribution in [0.5, 0.6) is 23.0 Å². The molecule has 0 saturated carbocycles. The number of amides is 1. The Morgan fingerprint density at radius 3 is 1.55 bits per heavy atom. The van der Waals surface area contributed by atoms with E-state index in [1.807, 2.05) is 6.07 Å². The normalized spacial score (nSPS) is 11.1. The summed E-state index contributed by atoms with van der Waals surface area (Å²) in [7, 11) is 0. The fourth-order valence-electron chi connectivity index (χ4n) is 5.84. The molecule has 0 aliphatic rings. The lowest BCUT2D eigenvalue weighted by atomic mass is 10.1. The molecule has 1 amide bonds. The second kappa shape index (κ2) is 27.3. The number of hydrogen-bond acceptors (Lipinski definition) is 7. The van der Waals surface area contributed by atoms with Gasteiger partial charge in [-0.2, -0.15) is 5.10 Å². The molecular weight excluding hydrogens is 665 g/mol. The van der Waals surface area contributed by atoms with Gasteiger partial charge in [0.15, 0.2) is 11.5 Å². The molecule has 0 atom stereocenters. The topological polar surface area (TPSA) is 95.5 Å². The van der Waals surface area contributed by atoms with E-state index in [1.54, 1.807) is 66.9 Å². The van der Waals surface area contributed by atoms with E-state index in [-0.39, 0.29) is 5.91 Å². The molecule has 0 aromatic heterocycles. The van der Waals surface area contributed by atoms with E-state index in [0.717, 1.165) is 44.1 Å². The number of carbonyl (C=O) groups is 2. The van der Waals surface area contributed by atoms with Crippen molar-refractivity contribution in [1.29, 1.82) is 0 Å². The van der Waals surface area contributed by atoms with Crippen molar-refractivity contribution in [2.45, 2.75) is 136 Å². The summed E-state index contributed by atoms with van der Waals surface area (Å²) in [5.41, 5.74) is 4.24. The first-order valence-electron chi connectivity index (χ1n) is 20.3. The summed E-state index contributed by atoms with van der Waals surface area (Å²) in [5.74, 6) is 1.23. The fraction of sp³-hybridized carbons (Fsp3) is 0.533. The van der Waals surface area contributed by atoms with Crippen molar-refractivity contribution in [1.82, 2.24) is 5.43 Å². The number of rotatable bonds is 29. The fourth-order valence-corrected chi connectivity index (χ4v) is 5.84. The van der Waals surface area contributed by atoms with Crippen molar-refractivity contribution in [3.63, 3.8) is 0 Å². The van der Waals surface area contributed by atoms with Crippen LogP contribution in [0.25, 0.3) is 0 Å². The van der Waals surface area contributed by atoms with E-state index < -0.39 is 5.97 Å². The van der Waals surface area contributed by atoms with Gasteiger partial charge in [-0.05, 0) is 73.4 Å². The molecular formula is C45H64N2O6. The maximum absolute atomic E-state index is 13.5. The van der Waals surface area contributed by atoms with E-state index in [1.165, 1.54) is 77.0 Å². The van der Waals surface area contributed by atoms with E-state index >= 15 is 0 Å². The van der Waals surface area contributed by atoms with Crippen LogP contribution in [0.15, 0.2) is 71.8 Å². The summed E-state index contributed by atoms with van der Waals surface area (Å²) in [6.45, 7) is 8.31. The zero-order chi connectivity index (χ0) is 37.8. The van der Waals surface area contributed by atoms with Crippen molar-refractivity contribution in [3.05, 3.63) is 83.4 Å². The molecule has 53 heavy (non-hydrogen) atoms. The Morgan fingerprint density at radius 1 is 0.566 bits per heavy atom. The molecule has 0 unspecified atom stereocenters. The Hall–Kier alpha value is -4.33. The van der Waals surface area contributed by atoms with Crippen LogP contribution in [-0.4, -0.2) is 37.9 Å². The maximum Gasteiger partial charge on any atom is 0.343 e. The SMILES string of the molecule is CCCCCCCCOc1cc(C(=O)N/N=C/c2ccc(OC(=O)c3ccccc3)cc2)cc(OCCCCCCCC)c1OCCCCCCCC. The molecule has 0 bridgehead atoms. The Labute approximate surface area is 319 Å². The van der Waals surface area contributed by atoms with Crippen LogP contribution in [0, 0.1) is 0 Å². The summed E-state index contributed by atoms with van der Waals surface area (Å²) < 4.78 is 24.5. The number of nitrogens with zero attached hydrogens (tertiary/aromatic N) is 1. The first-order chi connectivity index (χ1) is 26.0. The van der Waals surface area contributed by atoms with Crippen molar-refractivity contribution < 1.29 is 28.5 Å². The highest BCUT2D eigenvalue weighted by Crippen LogP contribution is 2.40. The standard InChI is InChI=1S/C45H64N2O6/c1-4-7-10-13-16-22-31-50-41-34-39(35-42(51-32-23-17-14-11-8-5-2)43(41)52-33-24-18-15-12-9-6-3)44(48)47-46-36-37-27-29-40(30-28-37)53-45(49)38-25-20-19-21-26-38/h19-21,25-30,34-36H,4-18,22-24,31-33H2,1-3H3,(H,47,48)/b46-36+. The summed E-state index contributed by atoms with van der Waals surface area (Å²) in [6.07, 6.45) is 22.4. The van der Waals surface area contributed by atoms with E-state index in [2.05, 4.69) is 31.3 Å². The Morgan fingerprint density at radius 2 is 1.04 bits per heavy atom. The molecule has 8 nitrogen and oxygen atoms in total. The van der Waals surface area contributed by atoms with Crippen LogP contribution in [0.4, 0.5) is 0 Å². The summed E-state index contributed by atoms with van der Waals surface area (Å²) in [5, 5.41) is 4.21. The zero-order valence-corrected chi connectivity index (χ0v) is 32.7. The molecule has 1 N–H and O–H groups in total. The molecule has 0 aliphatic heterocycles. The highest BCUT2D eigenvalue weighted by atomic mass is 16.5. The number of nitrogens with one attached hydrogen (secondary N) is 1. The summed E-state index contributed by atoms with van der Waals surface area (Å²) >= 11 is 0. The number of benzene rings is 3. The van der Waals surface area contributed by atoms with Crippen LogP contribution in [0.3, 0.4) is 0 Å². The van der Waals surface area contributed by atoms with Crippen LogP contribution in [0.1, 0.15) is 163 Å². The lowest BCUT2D eigenvalue weighted by molar-refractivity contribution is 0.0734. The zero-order valence-electron chi connectivity index (χ0n) is 32.7. The number of esters is 1. The monoisotopic (exact) mass is 728 g/mol. The van der Waals surface area contributed by atoms with Crippen molar-refractivity contribution >= 4 is 18.1 Å². The van der Waals surface area contributed by atoms with Crippen LogP contribution >= 0.6 is 0 Å². The Kier molecular flexibility index (Phi) is 22.2. The molecule has 0 radical (unpaired) electrons. The molecule has 0 fully saturated rings. The number of carbonyl (C=O) groups excluding carboxylic acids is 2. The molecule has 3 rings (SSSR count). The molecule has 8 heteroatoms. The minimum Gasteiger partial charge on any atom is -0.490 e. The second-order valence-electron chi connectivity index (χ2n) is 13.7. The Bertz CT molecular complexity index is 1420. The summed E-state index contributed by atoms with van der Waals surface area (Å²) in [6, 6.07) is 19.2. The maximum atomic E-state index is 13.5. The first-order valence-corrected chi connectivity index (χ1v) is 20.3. The van der Waals surface area contributed by atoms with E-state index in [4.69, 9.17) is 18.9 Å². The third-order valence-electron chi connectivity index (χ3n) is 9.02. The van der Waals surface area contributed by atoms with Gasteiger partial charge in [-0.25, -0.2) is 10.2 Å². The quantitative estimate of drug-likeness (QED) is 0.0251. The van der Waals surface area contributed by atoms with Gasteiger partial charge in [-0.15, -0.1) is 0 Å². The minimum atomic E-state index is -0.427. The first kappa shape index (κ1) is 43.1. The molecule has 3 aromatic rings. The lowest BCUT2D eigenvalue weighted by Crippen LogP contribution is -2.18. The minimum absolute atomic E-state index is 0.383. The van der Waals surface area contributed by atoms with Gasteiger partial charge in [0.2, 0.25) is 5.75 Å². The predicted molar refractivity (Wildman–Crippen MR) is 216 cm³/mol. The van der Waals surface area contributed by atoms with E-state index in [0.29, 0.717) is 53.9 Å².